The van der Waals surface area contributed by atoms with Crippen molar-refractivity contribution in [2.24, 2.45) is 5.92 Å². The largest absolute Gasteiger partial charge is 0.483 e. The summed E-state index contributed by atoms with van der Waals surface area (Å²) in [5.41, 5.74) is 0.573. The first-order valence-corrected chi connectivity index (χ1v) is 6.65. The summed E-state index contributed by atoms with van der Waals surface area (Å²) < 4.78 is 5.42. The van der Waals surface area contributed by atoms with Crippen LogP contribution < -0.4 is 10.1 Å². The van der Waals surface area contributed by atoms with Gasteiger partial charge in [0.25, 0.3) is 5.91 Å². The number of aliphatic hydroxyl groups is 1. The molecule has 0 fully saturated rings. The van der Waals surface area contributed by atoms with Gasteiger partial charge in [0.15, 0.2) is 6.61 Å². The Morgan fingerprint density at radius 2 is 2.11 bits per heavy atom. The number of carbonyl (C=O) groups excluding carboxylic acids is 1. The third kappa shape index (κ3) is 5.49. The van der Waals surface area contributed by atoms with Crippen molar-refractivity contribution >= 4 is 17.5 Å². The molecule has 0 unspecified atom stereocenters. The molecule has 2 N–H and O–H groups in total. The normalized spacial score (nSPS) is 12.3. The quantitative estimate of drug-likeness (QED) is 0.844. The molecular weight excluding hydrogens is 266 g/mol. The lowest BCUT2D eigenvalue weighted by atomic mass is 10.1. The summed E-state index contributed by atoms with van der Waals surface area (Å²) in [6.07, 6.45) is -0.701. The standard InChI is InChI=1S/C14H20ClNO3/c1-9(2)7-16-14(18)8-19-13-5-4-11(15)6-12(13)10(3)17/h4-6,9-10,17H,7-8H2,1-3H3,(H,16,18)/t10-/m1/s1. The number of halogens is 1. The highest BCUT2D eigenvalue weighted by Crippen LogP contribution is 2.28. The van der Waals surface area contributed by atoms with Gasteiger partial charge in [0.05, 0.1) is 6.10 Å². The van der Waals surface area contributed by atoms with E-state index in [9.17, 15) is 9.90 Å². The van der Waals surface area contributed by atoms with E-state index in [2.05, 4.69) is 5.32 Å². The Morgan fingerprint density at radius 1 is 1.42 bits per heavy atom. The minimum Gasteiger partial charge on any atom is -0.483 e. The smallest absolute Gasteiger partial charge is 0.257 e. The van der Waals surface area contributed by atoms with Gasteiger partial charge in [-0.1, -0.05) is 25.4 Å². The van der Waals surface area contributed by atoms with Crippen LogP contribution in [0.3, 0.4) is 0 Å². The lowest BCUT2D eigenvalue weighted by Gasteiger charge is -2.14. The topological polar surface area (TPSA) is 58.6 Å². The predicted molar refractivity (Wildman–Crippen MR) is 75.4 cm³/mol. The molecule has 1 rings (SSSR count). The Bertz CT molecular complexity index is 433. The molecule has 0 aliphatic rings. The van der Waals surface area contributed by atoms with Crippen molar-refractivity contribution in [2.45, 2.75) is 26.9 Å². The molecule has 1 atom stereocenters. The van der Waals surface area contributed by atoms with Gasteiger partial charge in [0.2, 0.25) is 0 Å². The number of carbonyl (C=O) groups is 1. The van der Waals surface area contributed by atoms with Crippen molar-refractivity contribution in [3.63, 3.8) is 0 Å². The van der Waals surface area contributed by atoms with Gasteiger partial charge in [0, 0.05) is 17.1 Å². The van der Waals surface area contributed by atoms with Gasteiger partial charge in [0.1, 0.15) is 5.75 Å². The Hall–Kier alpha value is -1.26. The molecule has 0 aliphatic carbocycles. The van der Waals surface area contributed by atoms with Crippen LogP contribution in [0.25, 0.3) is 0 Å². The highest BCUT2D eigenvalue weighted by atomic mass is 35.5. The summed E-state index contributed by atoms with van der Waals surface area (Å²) in [6.45, 7) is 6.20. The van der Waals surface area contributed by atoms with Crippen molar-refractivity contribution in [2.75, 3.05) is 13.2 Å². The molecule has 0 spiro atoms. The Balaban J connectivity index is 2.60. The number of ether oxygens (including phenoxy) is 1. The fourth-order valence-electron chi connectivity index (χ4n) is 1.49. The van der Waals surface area contributed by atoms with E-state index in [1.807, 2.05) is 13.8 Å². The first-order valence-electron chi connectivity index (χ1n) is 6.27. The van der Waals surface area contributed by atoms with E-state index in [4.69, 9.17) is 16.3 Å². The number of hydrogen-bond donors (Lipinski definition) is 2. The number of benzene rings is 1. The molecule has 19 heavy (non-hydrogen) atoms. The van der Waals surface area contributed by atoms with Gasteiger partial charge in [-0.3, -0.25) is 4.79 Å². The Labute approximate surface area is 118 Å². The van der Waals surface area contributed by atoms with Crippen molar-refractivity contribution in [1.29, 1.82) is 0 Å². The van der Waals surface area contributed by atoms with E-state index >= 15 is 0 Å². The summed E-state index contributed by atoms with van der Waals surface area (Å²) in [4.78, 5) is 11.5. The van der Waals surface area contributed by atoms with E-state index in [0.29, 0.717) is 28.8 Å². The Morgan fingerprint density at radius 3 is 2.68 bits per heavy atom. The molecular formula is C14H20ClNO3. The molecule has 0 heterocycles. The van der Waals surface area contributed by atoms with E-state index in [0.717, 1.165) is 0 Å². The Kier molecular flexibility index (Phi) is 6.12. The lowest BCUT2D eigenvalue weighted by molar-refractivity contribution is -0.123. The number of nitrogens with one attached hydrogen (secondary N) is 1. The zero-order valence-corrected chi connectivity index (χ0v) is 12.2. The third-order valence-corrected chi connectivity index (χ3v) is 2.72. The van der Waals surface area contributed by atoms with Crippen molar-refractivity contribution in [1.82, 2.24) is 5.32 Å². The number of rotatable bonds is 6. The zero-order valence-electron chi connectivity index (χ0n) is 11.4. The van der Waals surface area contributed by atoms with Crippen LogP contribution in [0.15, 0.2) is 18.2 Å². The van der Waals surface area contributed by atoms with E-state index in [-0.39, 0.29) is 12.5 Å². The highest BCUT2D eigenvalue weighted by molar-refractivity contribution is 6.30. The van der Waals surface area contributed by atoms with Crippen molar-refractivity contribution in [3.8, 4) is 5.75 Å². The molecule has 1 amide bonds. The molecule has 0 aromatic heterocycles. The molecule has 106 valence electrons. The zero-order chi connectivity index (χ0) is 14.4. The molecule has 1 aromatic rings. The maximum atomic E-state index is 11.5. The van der Waals surface area contributed by atoms with Gasteiger partial charge in [-0.15, -0.1) is 0 Å². The van der Waals surface area contributed by atoms with Crippen molar-refractivity contribution in [3.05, 3.63) is 28.8 Å². The monoisotopic (exact) mass is 285 g/mol. The van der Waals surface area contributed by atoms with Gasteiger partial charge in [-0.05, 0) is 31.0 Å². The summed E-state index contributed by atoms with van der Waals surface area (Å²) >= 11 is 5.86. The molecule has 1 aromatic carbocycles. The average Bonchev–Trinajstić information content (AvgIpc) is 2.34. The molecule has 4 nitrogen and oxygen atoms in total. The van der Waals surface area contributed by atoms with Crippen LogP contribution in [0.4, 0.5) is 0 Å². The average molecular weight is 286 g/mol. The number of hydrogen-bond acceptors (Lipinski definition) is 3. The third-order valence-electron chi connectivity index (χ3n) is 2.49. The van der Waals surface area contributed by atoms with Crippen LogP contribution in [0.2, 0.25) is 5.02 Å². The second-order valence-corrected chi connectivity index (χ2v) is 5.28. The molecule has 0 aliphatic heterocycles. The molecule has 0 bridgehead atoms. The van der Waals surface area contributed by atoms with Crippen LogP contribution in [-0.2, 0) is 4.79 Å². The predicted octanol–water partition coefficient (Wildman–Crippen LogP) is 2.54. The summed E-state index contributed by atoms with van der Waals surface area (Å²) in [7, 11) is 0. The first-order chi connectivity index (χ1) is 8.90. The fraction of sp³-hybridized carbons (Fsp3) is 0.500. The van der Waals surface area contributed by atoms with Crippen LogP contribution in [-0.4, -0.2) is 24.2 Å². The van der Waals surface area contributed by atoms with Crippen LogP contribution >= 0.6 is 11.6 Å². The van der Waals surface area contributed by atoms with Crippen LogP contribution in [0, 0.1) is 5.92 Å². The molecule has 0 saturated heterocycles. The maximum absolute atomic E-state index is 11.5. The van der Waals surface area contributed by atoms with Crippen LogP contribution in [0.5, 0.6) is 5.75 Å². The van der Waals surface area contributed by atoms with Crippen molar-refractivity contribution < 1.29 is 14.6 Å². The second kappa shape index (κ2) is 7.36. The first kappa shape index (κ1) is 15.8. The summed E-state index contributed by atoms with van der Waals surface area (Å²) in [6, 6.07) is 4.95. The summed E-state index contributed by atoms with van der Waals surface area (Å²) in [5.74, 6) is 0.687. The summed E-state index contributed by atoms with van der Waals surface area (Å²) in [5, 5.41) is 12.9. The van der Waals surface area contributed by atoms with E-state index < -0.39 is 6.10 Å². The lowest BCUT2D eigenvalue weighted by Crippen LogP contribution is -2.31. The van der Waals surface area contributed by atoms with Gasteiger partial charge < -0.3 is 15.2 Å². The van der Waals surface area contributed by atoms with Gasteiger partial charge in [-0.2, -0.15) is 0 Å². The molecule has 0 saturated carbocycles. The SMILES string of the molecule is CC(C)CNC(=O)COc1ccc(Cl)cc1[C@@H](C)O. The minimum atomic E-state index is -0.701. The second-order valence-electron chi connectivity index (χ2n) is 4.84. The number of amides is 1. The van der Waals surface area contributed by atoms with E-state index in [1.54, 1.807) is 25.1 Å². The molecule has 0 radical (unpaired) electrons. The fourth-order valence-corrected chi connectivity index (χ4v) is 1.67. The van der Waals surface area contributed by atoms with Gasteiger partial charge >= 0.3 is 0 Å². The van der Waals surface area contributed by atoms with Gasteiger partial charge in [-0.25, -0.2) is 0 Å². The van der Waals surface area contributed by atoms with Crippen LogP contribution in [0.1, 0.15) is 32.4 Å². The maximum Gasteiger partial charge on any atom is 0.257 e. The highest BCUT2D eigenvalue weighted by Gasteiger charge is 2.11. The minimum absolute atomic E-state index is 0.0753. The van der Waals surface area contributed by atoms with E-state index in [1.165, 1.54) is 0 Å². The number of aliphatic hydroxyl groups excluding tert-OH is 1. The molecule has 5 heteroatoms.